The minimum Gasteiger partial charge on any atom is -0.340 e. The van der Waals surface area contributed by atoms with Gasteiger partial charge in [0.1, 0.15) is 22.0 Å². The van der Waals surface area contributed by atoms with Gasteiger partial charge < -0.3 is 5.32 Å². The summed E-state index contributed by atoms with van der Waals surface area (Å²) in [6.07, 6.45) is 3.33. The molecule has 6 heteroatoms. The number of hydrogen-bond donors (Lipinski definition) is 1. The van der Waals surface area contributed by atoms with Gasteiger partial charge >= 0.3 is 0 Å². The maximum Gasteiger partial charge on any atom is 0.147 e. The van der Waals surface area contributed by atoms with Crippen LogP contribution in [0.4, 0.5) is 11.5 Å². The zero-order chi connectivity index (χ0) is 17.2. The molecule has 0 atom stereocenters. The van der Waals surface area contributed by atoms with Crippen LogP contribution in [-0.4, -0.2) is 30.4 Å². The van der Waals surface area contributed by atoms with E-state index in [-0.39, 0.29) is 5.75 Å². The SMILES string of the molecule is Cc1cccc2c(Nc3ccc(CCS(C)(=O)=O)cc3)ncnc12. The number of aromatic nitrogens is 2. The first-order chi connectivity index (χ1) is 11.4. The highest BCUT2D eigenvalue weighted by molar-refractivity contribution is 7.90. The summed E-state index contributed by atoms with van der Waals surface area (Å²) in [6.45, 7) is 2.02. The predicted octanol–water partition coefficient (Wildman–Crippen LogP) is 3.27. The zero-order valence-corrected chi connectivity index (χ0v) is 14.5. The molecule has 1 aromatic heterocycles. The van der Waals surface area contributed by atoms with Crippen molar-refractivity contribution in [2.45, 2.75) is 13.3 Å². The van der Waals surface area contributed by atoms with Crippen LogP contribution in [0.3, 0.4) is 0 Å². The molecule has 24 heavy (non-hydrogen) atoms. The average molecular weight is 341 g/mol. The van der Waals surface area contributed by atoms with Crippen LogP contribution in [0.15, 0.2) is 48.8 Å². The lowest BCUT2D eigenvalue weighted by molar-refractivity contribution is 0.601. The summed E-state index contributed by atoms with van der Waals surface area (Å²) in [4.78, 5) is 8.67. The van der Waals surface area contributed by atoms with Crippen LogP contribution in [-0.2, 0) is 16.3 Å². The quantitative estimate of drug-likeness (QED) is 0.771. The first-order valence-corrected chi connectivity index (χ1v) is 9.72. The summed E-state index contributed by atoms with van der Waals surface area (Å²) in [6, 6.07) is 13.7. The number of rotatable bonds is 5. The Morgan fingerprint density at radius 3 is 2.50 bits per heavy atom. The van der Waals surface area contributed by atoms with Gasteiger partial charge in [-0.05, 0) is 42.7 Å². The molecule has 124 valence electrons. The van der Waals surface area contributed by atoms with E-state index in [1.165, 1.54) is 6.26 Å². The molecule has 0 saturated carbocycles. The number of nitrogens with one attached hydrogen (secondary N) is 1. The molecule has 5 nitrogen and oxygen atoms in total. The Morgan fingerprint density at radius 2 is 1.79 bits per heavy atom. The smallest absolute Gasteiger partial charge is 0.147 e. The van der Waals surface area contributed by atoms with E-state index in [2.05, 4.69) is 15.3 Å². The molecule has 0 aliphatic rings. The van der Waals surface area contributed by atoms with Crippen LogP contribution in [0, 0.1) is 6.92 Å². The molecule has 0 amide bonds. The standard InChI is InChI=1S/C18H19N3O2S/c1-13-4-3-5-16-17(13)19-12-20-18(16)21-15-8-6-14(7-9-15)10-11-24(2,22)23/h3-9,12H,10-11H2,1-2H3,(H,19,20,21). The van der Waals surface area contributed by atoms with Crippen LogP contribution >= 0.6 is 0 Å². The number of para-hydroxylation sites is 1. The Bertz CT molecular complexity index is 967. The van der Waals surface area contributed by atoms with Crippen molar-refractivity contribution in [3.8, 4) is 0 Å². The highest BCUT2D eigenvalue weighted by Gasteiger charge is 2.06. The molecule has 0 saturated heterocycles. The maximum atomic E-state index is 11.2. The molecule has 1 heterocycles. The van der Waals surface area contributed by atoms with E-state index in [9.17, 15) is 8.42 Å². The van der Waals surface area contributed by atoms with Crippen molar-refractivity contribution >= 4 is 32.2 Å². The van der Waals surface area contributed by atoms with Crippen molar-refractivity contribution < 1.29 is 8.42 Å². The van der Waals surface area contributed by atoms with Crippen molar-refractivity contribution in [2.24, 2.45) is 0 Å². The van der Waals surface area contributed by atoms with Gasteiger partial charge in [-0.3, -0.25) is 0 Å². The summed E-state index contributed by atoms with van der Waals surface area (Å²) in [5.74, 6) is 0.919. The van der Waals surface area contributed by atoms with Gasteiger partial charge in [0.05, 0.1) is 11.3 Å². The lowest BCUT2D eigenvalue weighted by atomic mass is 10.1. The van der Waals surface area contributed by atoms with Gasteiger partial charge in [-0.1, -0.05) is 24.3 Å². The van der Waals surface area contributed by atoms with E-state index in [1.807, 2.05) is 49.4 Å². The molecular weight excluding hydrogens is 322 g/mol. The van der Waals surface area contributed by atoms with Crippen LogP contribution in [0.25, 0.3) is 10.9 Å². The number of hydrogen-bond acceptors (Lipinski definition) is 5. The number of anilines is 2. The molecule has 3 rings (SSSR count). The molecule has 0 spiro atoms. The van der Waals surface area contributed by atoms with E-state index in [1.54, 1.807) is 6.33 Å². The zero-order valence-electron chi connectivity index (χ0n) is 13.7. The summed E-state index contributed by atoms with van der Waals surface area (Å²) < 4.78 is 22.5. The van der Waals surface area contributed by atoms with E-state index in [4.69, 9.17) is 0 Å². The Morgan fingerprint density at radius 1 is 1.04 bits per heavy atom. The molecule has 3 aromatic rings. The number of benzene rings is 2. The monoisotopic (exact) mass is 341 g/mol. The third-order valence-electron chi connectivity index (χ3n) is 3.84. The van der Waals surface area contributed by atoms with Gasteiger partial charge in [0.15, 0.2) is 0 Å². The largest absolute Gasteiger partial charge is 0.340 e. The summed E-state index contributed by atoms with van der Waals surface area (Å²) in [7, 11) is -2.94. The van der Waals surface area contributed by atoms with Crippen molar-refractivity contribution in [3.05, 3.63) is 59.9 Å². The maximum absolute atomic E-state index is 11.2. The lowest BCUT2D eigenvalue weighted by Gasteiger charge is -2.10. The van der Waals surface area contributed by atoms with Gasteiger partial charge in [0.25, 0.3) is 0 Å². The van der Waals surface area contributed by atoms with E-state index < -0.39 is 9.84 Å². The molecular formula is C18H19N3O2S. The van der Waals surface area contributed by atoms with Gasteiger partial charge in [0.2, 0.25) is 0 Å². The lowest BCUT2D eigenvalue weighted by Crippen LogP contribution is -2.05. The van der Waals surface area contributed by atoms with Crippen molar-refractivity contribution in [1.82, 2.24) is 9.97 Å². The van der Waals surface area contributed by atoms with Gasteiger partial charge in [-0.15, -0.1) is 0 Å². The average Bonchev–Trinajstić information content (AvgIpc) is 2.54. The van der Waals surface area contributed by atoms with E-state index in [0.717, 1.165) is 33.5 Å². The predicted molar refractivity (Wildman–Crippen MR) is 97.4 cm³/mol. The highest BCUT2D eigenvalue weighted by atomic mass is 32.2. The Labute approximate surface area is 141 Å². The van der Waals surface area contributed by atoms with Crippen LogP contribution in [0.1, 0.15) is 11.1 Å². The summed E-state index contributed by atoms with van der Waals surface area (Å²) in [5.41, 5.74) is 3.93. The fourth-order valence-corrected chi connectivity index (χ4v) is 3.14. The van der Waals surface area contributed by atoms with Crippen molar-refractivity contribution in [2.75, 3.05) is 17.3 Å². The van der Waals surface area contributed by atoms with Crippen LogP contribution in [0.5, 0.6) is 0 Å². The number of fused-ring (bicyclic) bond motifs is 1. The fourth-order valence-electron chi connectivity index (χ4n) is 2.53. The second kappa shape index (κ2) is 6.57. The van der Waals surface area contributed by atoms with Crippen LogP contribution in [0.2, 0.25) is 0 Å². The van der Waals surface area contributed by atoms with E-state index in [0.29, 0.717) is 6.42 Å². The molecule has 0 radical (unpaired) electrons. The number of nitrogens with zero attached hydrogens (tertiary/aromatic N) is 2. The van der Waals surface area contributed by atoms with E-state index >= 15 is 0 Å². The van der Waals surface area contributed by atoms with Gasteiger partial charge in [-0.25, -0.2) is 18.4 Å². The third-order valence-corrected chi connectivity index (χ3v) is 4.79. The Hall–Kier alpha value is -2.47. The molecule has 1 N–H and O–H groups in total. The Kier molecular flexibility index (Phi) is 4.49. The second-order valence-electron chi connectivity index (χ2n) is 5.90. The minimum atomic E-state index is -2.94. The van der Waals surface area contributed by atoms with Gasteiger partial charge in [0, 0.05) is 17.3 Å². The molecule has 0 aliphatic heterocycles. The van der Waals surface area contributed by atoms with Crippen molar-refractivity contribution in [3.63, 3.8) is 0 Å². The molecule has 0 aliphatic carbocycles. The topological polar surface area (TPSA) is 72.0 Å². The molecule has 2 aromatic carbocycles. The molecule has 0 unspecified atom stereocenters. The third kappa shape index (κ3) is 3.89. The fraction of sp³-hybridized carbons (Fsp3) is 0.222. The number of aryl methyl sites for hydroxylation is 2. The first-order valence-electron chi connectivity index (χ1n) is 7.66. The Balaban J connectivity index is 1.81. The molecule has 0 bridgehead atoms. The van der Waals surface area contributed by atoms with Crippen LogP contribution < -0.4 is 5.32 Å². The van der Waals surface area contributed by atoms with Crippen molar-refractivity contribution in [1.29, 1.82) is 0 Å². The molecule has 0 fully saturated rings. The van der Waals surface area contributed by atoms with Gasteiger partial charge in [-0.2, -0.15) is 0 Å². The summed E-state index contributed by atoms with van der Waals surface area (Å²) >= 11 is 0. The highest BCUT2D eigenvalue weighted by Crippen LogP contribution is 2.24. The minimum absolute atomic E-state index is 0.162. The second-order valence-corrected chi connectivity index (χ2v) is 8.15. The first kappa shape index (κ1) is 16.4. The normalized spacial score (nSPS) is 11.6. The summed E-state index contributed by atoms with van der Waals surface area (Å²) in [5, 5.41) is 4.28. The number of sulfone groups is 1.